The molecule has 0 atom stereocenters. The maximum atomic E-state index is 11.9. The third kappa shape index (κ3) is 4.08. The summed E-state index contributed by atoms with van der Waals surface area (Å²) < 4.78 is 5.82. The van der Waals surface area contributed by atoms with E-state index in [2.05, 4.69) is 15.6 Å². The number of thiazole rings is 1. The summed E-state index contributed by atoms with van der Waals surface area (Å²) in [6.07, 6.45) is 0. The first-order valence-electron chi connectivity index (χ1n) is 7.00. The van der Waals surface area contributed by atoms with E-state index in [0.717, 1.165) is 17.1 Å². The van der Waals surface area contributed by atoms with Gasteiger partial charge in [-0.05, 0) is 42.8 Å². The van der Waals surface area contributed by atoms with Crippen LogP contribution in [-0.2, 0) is 0 Å². The van der Waals surface area contributed by atoms with Gasteiger partial charge >= 0.3 is 6.03 Å². The van der Waals surface area contributed by atoms with Gasteiger partial charge in [-0.2, -0.15) is 0 Å². The number of amides is 2. The van der Waals surface area contributed by atoms with Gasteiger partial charge in [0.1, 0.15) is 17.3 Å². The molecule has 2 amide bonds. The van der Waals surface area contributed by atoms with Gasteiger partial charge in [0.05, 0.1) is 5.51 Å². The minimum absolute atomic E-state index is 0.327. The zero-order valence-corrected chi connectivity index (χ0v) is 13.3. The second-order valence-electron chi connectivity index (χ2n) is 4.85. The highest BCUT2D eigenvalue weighted by Gasteiger charge is 2.07. The lowest BCUT2D eigenvalue weighted by Crippen LogP contribution is -2.19. The molecule has 23 heavy (non-hydrogen) atoms. The molecule has 0 bridgehead atoms. The van der Waals surface area contributed by atoms with Gasteiger partial charge in [0.15, 0.2) is 0 Å². The average molecular weight is 325 g/mol. The molecule has 116 valence electrons. The van der Waals surface area contributed by atoms with Crippen LogP contribution in [-0.4, -0.2) is 11.0 Å². The Morgan fingerprint density at radius 1 is 1.13 bits per heavy atom. The third-order valence-electron chi connectivity index (χ3n) is 3.08. The summed E-state index contributed by atoms with van der Waals surface area (Å²) in [5.74, 6) is 2.06. The molecule has 0 saturated carbocycles. The molecule has 0 aliphatic carbocycles. The highest BCUT2D eigenvalue weighted by atomic mass is 32.1. The normalized spacial score (nSPS) is 10.1. The summed E-state index contributed by atoms with van der Waals surface area (Å²) in [6.45, 7) is 1.93. The van der Waals surface area contributed by atoms with Crippen molar-refractivity contribution in [1.29, 1.82) is 0 Å². The van der Waals surface area contributed by atoms with Crippen molar-refractivity contribution in [3.63, 3.8) is 0 Å². The molecule has 1 heterocycles. The first-order valence-corrected chi connectivity index (χ1v) is 7.95. The van der Waals surface area contributed by atoms with Crippen molar-refractivity contribution < 1.29 is 9.53 Å². The number of hydrogen-bond acceptors (Lipinski definition) is 4. The molecule has 0 spiro atoms. The Hall–Kier alpha value is -2.86. The number of benzene rings is 2. The van der Waals surface area contributed by atoms with E-state index in [1.54, 1.807) is 17.0 Å². The largest absolute Gasteiger partial charge is 0.457 e. The van der Waals surface area contributed by atoms with E-state index in [0.29, 0.717) is 11.5 Å². The van der Waals surface area contributed by atoms with Crippen molar-refractivity contribution in [1.82, 2.24) is 4.98 Å². The molecular formula is C17H15N3O2S. The molecule has 0 unspecified atom stereocenters. The van der Waals surface area contributed by atoms with Crippen molar-refractivity contribution in [2.45, 2.75) is 6.92 Å². The Morgan fingerprint density at radius 2 is 1.96 bits per heavy atom. The molecule has 2 N–H and O–H groups in total. The highest BCUT2D eigenvalue weighted by molar-refractivity contribution is 7.07. The topological polar surface area (TPSA) is 63.2 Å². The SMILES string of the molecule is Cc1cc(NC(=O)Nc2cscn2)ccc1Oc1ccccc1. The molecule has 6 heteroatoms. The van der Waals surface area contributed by atoms with Gasteiger partial charge in [-0.15, -0.1) is 11.3 Å². The number of hydrogen-bond donors (Lipinski definition) is 2. The van der Waals surface area contributed by atoms with E-state index >= 15 is 0 Å². The maximum Gasteiger partial charge on any atom is 0.324 e. The molecule has 5 nitrogen and oxygen atoms in total. The first-order chi connectivity index (χ1) is 11.2. The molecular weight excluding hydrogens is 310 g/mol. The van der Waals surface area contributed by atoms with Crippen LogP contribution in [0.1, 0.15) is 5.56 Å². The minimum atomic E-state index is -0.327. The van der Waals surface area contributed by atoms with E-state index in [1.807, 2.05) is 49.4 Å². The van der Waals surface area contributed by atoms with Crippen LogP contribution < -0.4 is 15.4 Å². The summed E-state index contributed by atoms with van der Waals surface area (Å²) in [5.41, 5.74) is 3.28. The second-order valence-corrected chi connectivity index (χ2v) is 5.57. The number of rotatable bonds is 4. The summed E-state index contributed by atoms with van der Waals surface area (Å²) in [5, 5.41) is 7.20. The standard InChI is InChI=1S/C17H15N3O2S/c1-12-9-13(19-17(21)20-16-10-23-11-18-16)7-8-15(12)22-14-5-3-2-4-6-14/h2-11H,1H3,(H2,19,20,21). The van der Waals surface area contributed by atoms with Crippen molar-refractivity contribution in [3.8, 4) is 11.5 Å². The Kier molecular flexibility index (Phi) is 4.54. The van der Waals surface area contributed by atoms with Crippen molar-refractivity contribution in [2.75, 3.05) is 10.6 Å². The Morgan fingerprint density at radius 3 is 2.65 bits per heavy atom. The molecule has 0 fully saturated rings. The van der Waals surface area contributed by atoms with Crippen LogP contribution in [0, 0.1) is 6.92 Å². The molecule has 2 aromatic carbocycles. The van der Waals surface area contributed by atoms with Crippen LogP contribution in [0.4, 0.5) is 16.3 Å². The monoisotopic (exact) mass is 325 g/mol. The number of para-hydroxylation sites is 1. The summed E-state index contributed by atoms with van der Waals surface area (Å²) in [4.78, 5) is 15.9. The van der Waals surface area contributed by atoms with Crippen molar-refractivity contribution in [2.24, 2.45) is 0 Å². The molecule has 0 saturated heterocycles. The van der Waals surface area contributed by atoms with Gasteiger partial charge in [0, 0.05) is 11.1 Å². The summed E-state index contributed by atoms with van der Waals surface area (Å²) >= 11 is 1.42. The smallest absolute Gasteiger partial charge is 0.324 e. The average Bonchev–Trinajstić information content (AvgIpc) is 3.04. The maximum absolute atomic E-state index is 11.9. The van der Waals surface area contributed by atoms with E-state index in [4.69, 9.17) is 4.74 Å². The van der Waals surface area contributed by atoms with Crippen LogP contribution in [0.15, 0.2) is 59.4 Å². The lowest BCUT2D eigenvalue weighted by molar-refractivity contribution is 0.262. The van der Waals surface area contributed by atoms with Crippen LogP contribution in [0.5, 0.6) is 11.5 Å². The second kappa shape index (κ2) is 6.93. The Bertz CT molecular complexity index is 789. The number of aromatic nitrogens is 1. The van der Waals surface area contributed by atoms with Crippen molar-refractivity contribution in [3.05, 3.63) is 65.0 Å². The number of carbonyl (C=O) groups is 1. The predicted octanol–water partition coefficient (Wildman–Crippen LogP) is 4.89. The van der Waals surface area contributed by atoms with E-state index in [-0.39, 0.29) is 6.03 Å². The van der Waals surface area contributed by atoms with E-state index in [1.165, 1.54) is 11.3 Å². The van der Waals surface area contributed by atoms with Gasteiger partial charge in [0.2, 0.25) is 0 Å². The van der Waals surface area contributed by atoms with Gasteiger partial charge in [0.25, 0.3) is 0 Å². The summed E-state index contributed by atoms with van der Waals surface area (Å²) in [6, 6.07) is 14.7. The lowest BCUT2D eigenvalue weighted by atomic mass is 10.2. The fraction of sp³-hybridized carbons (Fsp3) is 0.0588. The van der Waals surface area contributed by atoms with Crippen LogP contribution in [0.3, 0.4) is 0 Å². The van der Waals surface area contributed by atoms with Gasteiger partial charge in [-0.1, -0.05) is 18.2 Å². The summed E-state index contributed by atoms with van der Waals surface area (Å²) in [7, 11) is 0. The number of nitrogens with zero attached hydrogens (tertiary/aromatic N) is 1. The Labute approximate surface area is 138 Å². The number of carbonyl (C=O) groups excluding carboxylic acids is 1. The highest BCUT2D eigenvalue weighted by Crippen LogP contribution is 2.27. The lowest BCUT2D eigenvalue weighted by Gasteiger charge is -2.11. The molecule has 0 aliphatic heterocycles. The van der Waals surface area contributed by atoms with Gasteiger partial charge < -0.3 is 10.1 Å². The third-order valence-corrected chi connectivity index (χ3v) is 3.66. The number of aryl methyl sites for hydroxylation is 1. The van der Waals surface area contributed by atoms with Crippen molar-refractivity contribution >= 4 is 28.9 Å². The molecule has 1 aromatic heterocycles. The van der Waals surface area contributed by atoms with Gasteiger partial charge in [-0.3, -0.25) is 5.32 Å². The van der Waals surface area contributed by atoms with Crippen LogP contribution in [0.25, 0.3) is 0 Å². The molecule has 0 aliphatic rings. The Balaban J connectivity index is 1.65. The zero-order valence-electron chi connectivity index (χ0n) is 12.4. The number of urea groups is 1. The number of nitrogens with one attached hydrogen (secondary N) is 2. The molecule has 3 rings (SSSR count). The van der Waals surface area contributed by atoms with E-state index < -0.39 is 0 Å². The fourth-order valence-corrected chi connectivity index (χ4v) is 2.49. The zero-order chi connectivity index (χ0) is 16.1. The number of anilines is 2. The fourth-order valence-electron chi connectivity index (χ4n) is 2.01. The van der Waals surface area contributed by atoms with E-state index in [9.17, 15) is 4.79 Å². The first kappa shape index (κ1) is 15.1. The minimum Gasteiger partial charge on any atom is -0.457 e. The van der Waals surface area contributed by atoms with Gasteiger partial charge in [-0.25, -0.2) is 9.78 Å². The van der Waals surface area contributed by atoms with Crippen LogP contribution >= 0.6 is 11.3 Å². The predicted molar refractivity (Wildman–Crippen MR) is 92.5 cm³/mol. The quantitative estimate of drug-likeness (QED) is 0.718. The molecule has 0 radical (unpaired) electrons. The van der Waals surface area contributed by atoms with Crippen LogP contribution in [0.2, 0.25) is 0 Å². The number of ether oxygens (including phenoxy) is 1. The molecule has 3 aromatic rings.